The Morgan fingerprint density at radius 2 is 2.29 bits per heavy atom. The van der Waals surface area contributed by atoms with Gasteiger partial charge in [0.25, 0.3) is 0 Å². The maximum absolute atomic E-state index is 4.44. The van der Waals surface area contributed by atoms with E-state index in [1.54, 1.807) is 0 Å². The third-order valence-electron chi connectivity index (χ3n) is 5.50. The van der Waals surface area contributed by atoms with Crippen molar-refractivity contribution in [3.05, 3.63) is 22.4 Å². The van der Waals surface area contributed by atoms with E-state index >= 15 is 0 Å². The third-order valence-corrected chi connectivity index (χ3v) is 6.44. The number of rotatable bonds is 6. The van der Waals surface area contributed by atoms with Crippen LogP contribution in [0.1, 0.15) is 49.9 Å². The molecule has 1 saturated heterocycles. The molecule has 0 radical (unpaired) electrons. The number of nitrogens with one attached hydrogen (secondary N) is 2. The predicted molar refractivity (Wildman–Crippen MR) is 104 cm³/mol. The van der Waals surface area contributed by atoms with Crippen molar-refractivity contribution in [3.63, 3.8) is 0 Å². The maximum Gasteiger partial charge on any atom is 0.191 e. The van der Waals surface area contributed by atoms with E-state index in [9.17, 15) is 0 Å². The first-order valence-corrected chi connectivity index (χ1v) is 10.3. The van der Waals surface area contributed by atoms with Crippen molar-refractivity contribution in [1.82, 2.24) is 15.5 Å². The number of piperidine rings is 1. The Balaban J connectivity index is 1.53. The van der Waals surface area contributed by atoms with Gasteiger partial charge >= 0.3 is 0 Å². The summed E-state index contributed by atoms with van der Waals surface area (Å²) in [5.74, 6) is 2.48. The lowest BCUT2D eigenvalue weighted by atomic mass is 9.88. The molecule has 1 aromatic heterocycles. The van der Waals surface area contributed by atoms with Crippen molar-refractivity contribution in [2.45, 2.75) is 51.1 Å². The van der Waals surface area contributed by atoms with Gasteiger partial charge < -0.3 is 10.6 Å². The molecule has 4 atom stereocenters. The molecule has 1 aliphatic carbocycles. The van der Waals surface area contributed by atoms with Crippen molar-refractivity contribution < 1.29 is 0 Å². The summed E-state index contributed by atoms with van der Waals surface area (Å²) in [5.41, 5.74) is 0. The van der Waals surface area contributed by atoms with Crippen molar-refractivity contribution in [2.75, 3.05) is 27.2 Å². The fourth-order valence-electron chi connectivity index (χ4n) is 4.09. The Hall–Kier alpha value is -1.07. The number of thiophene rings is 1. The second-order valence-electron chi connectivity index (χ2n) is 7.33. The number of nitrogens with zero attached hydrogens (tertiary/aromatic N) is 2. The Bertz CT molecular complexity index is 527. The highest BCUT2D eigenvalue weighted by Gasteiger charge is 2.37. The van der Waals surface area contributed by atoms with Gasteiger partial charge in [-0.25, -0.2) is 0 Å². The molecule has 2 N–H and O–H groups in total. The number of guanidine groups is 1. The first-order valence-electron chi connectivity index (χ1n) is 9.43. The smallest absolute Gasteiger partial charge is 0.191 e. The fraction of sp³-hybridized carbons (Fsp3) is 0.737. The highest BCUT2D eigenvalue weighted by atomic mass is 32.1. The Morgan fingerprint density at radius 1 is 1.42 bits per heavy atom. The van der Waals surface area contributed by atoms with Gasteiger partial charge in [0.1, 0.15) is 0 Å². The summed E-state index contributed by atoms with van der Waals surface area (Å²) in [6.07, 6.45) is 6.50. The molecule has 24 heavy (non-hydrogen) atoms. The lowest BCUT2D eigenvalue weighted by Gasteiger charge is -2.39. The first kappa shape index (κ1) is 17.7. The lowest BCUT2D eigenvalue weighted by molar-refractivity contribution is 0.125. The maximum atomic E-state index is 4.44. The number of hydrogen-bond donors (Lipinski definition) is 2. The molecule has 0 amide bonds. The SMILES string of the molecule is CCCC1CC1NC(=NC)NCC1CCCN(C)C1c1cccs1. The average molecular weight is 349 g/mol. The van der Waals surface area contributed by atoms with Crippen LogP contribution >= 0.6 is 11.3 Å². The molecule has 2 fully saturated rings. The summed E-state index contributed by atoms with van der Waals surface area (Å²) in [5, 5.41) is 9.40. The van der Waals surface area contributed by atoms with E-state index in [0.717, 1.165) is 18.4 Å². The van der Waals surface area contributed by atoms with Crippen LogP contribution in [0.25, 0.3) is 0 Å². The van der Waals surface area contributed by atoms with Crippen molar-refractivity contribution in [1.29, 1.82) is 0 Å². The van der Waals surface area contributed by atoms with Crippen molar-refractivity contribution in [2.24, 2.45) is 16.8 Å². The Labute approximate surface area is 150 Å². The quantitative estimate of drug-likeness (QED) is 0.611. The van der Waals surface area contributed by atoms with Gasteiger partial charge in [0.05, 0.1) is 0 Å². The number of likely N-dealkylation sites (tertiary alicyclic amines) is 1. The molecular weight excluding hydrogens is 316 g/mol. The van der Waals surface area contributed by atoms with E-state index in [2.05, 4.69) is 52.0 Å². The van der Waals surface area contributed by atoms with Crippen LogP contribution in [0.2, 0.25) is 0 Å². The standard InChI is InChI=1S/C19H32N4S/c1-4-7-14-12-16(14)22-19(20-2)21-13-15-8-5-10-23(3)18(15)17-9-6-11-24-17/h6,9,11,14-16,18H,4-5,7-8,10,12-13H2,1-3H3,(H2,20,21,22). The lowest BCUT2D eigenvalue weighted by Crippen LogP contribution is -2.45. The summed E-state index contributed by atoms with van der Waals surface area (Å²) >= 11 is 1.89. The largest absolute Gasteiger partial charge is 0.356 e. The van der Waals surface area contributed by atoms with Crippen LogP contribution < -0.4 is 10.6 Å². The van der Waals surface area contributed by atoms with Crippen LogP contribution in [0.5, 0.6) is 0 Å². The van der Waals surface area contributed by atoms with Gasteiger partial charge in [-0.05, 0) is 62.6 Å². The van der Waals surface area contributed by atoms with Gasteiger partial charge in [-0.2, -0.15) is 0 Å². The second-order valence-corrected chi connectivity index (χ2v) is 8.31. The van der Waals surface area contributed by atoms with Gasteiger partial charge in [-0.3, -0.25) is 9.89 Å². The van der Waals surface area contributed by atoms with Crippen LogP contribution in [-0.2, 0) is 0 Å². The van der Waals surface area contributed by atoms with Crippen LogP contribution in [0.4, 0.5) is 0 Å². The van der Waals surface area contributed by atoms with Crippen LogP contribution in [0, 0.1) is 11.8 Å². The second kappa shape index (κ2) is 8.34. The third kappa shape index (κ3) is 4.31. The number of aliphatic imine (C=N–C) groups is 1. The minimum Gasteiger partial charge on any atom is -0.356 e. The predicted octanol–water partition coefficient (Wildman–Crippen LogP) is 3.48. The average Bonchev–Trinajstić information content (AvgIpc) is 3.08. The van der Waals surface area contributed by atoms with Gasteiger partial charge in [0, 0.05) is 30.6 Å². The highest BCUT2D eigenvalue weighted by Crippen LogP contribution is 2.37. The van der Waals surface area contributed by atoms with E-state index in [0.29, 0.717) is 18.0 Å². The van der Waals surface area contributed by atoms with Gasteiger partial charge in [0.15, 0.2) is 5.96 Å². The molecule has 1 aliphatic heterocycles. The molecule has 3 rings (SSSR count). The summed E-state index contributed by atoms with van der Waals surface area (Å²) in [7, 11) is 4.15. The molecule has 0 bridgehead atoms. The minimum atomic E-state index is 0.540. The van der Waals surface area contributed by atoms with E-state index in [4.69, 9.17) is 0 Å². The Kier molecular flexibility index (Phi) is 6.17. The summed E-state index contributed by atoms with van der Waals surface area (Å²) in [6, 6.07) is 5.64. The molecule has 0 aromatic carbocycles. The Morgan fingerprint density at radius 3 is 3.00 bits per heavy atom. The summed E-state index contributed by atoms with van der Waals surface area (Å²) in [4.78, 5) is 8.46. The zero-order valence-corrected chi connectivity index (χ0v) is 16.1. The molecule has 2 aliphatic rings. The van der Waals surface area contributed by atoms with E-state index in [1.807, 2.05) is 18.4 Å². The molecule has 1 saturated carbocycles. The summed E-state index contributed by atoms with van der Waals surface area (Å²) in [6.45, 7) is 4.47. The van der Waals surface area contributed by atoms with Crippen LogP contribution in [-0.4, -0.2) is 44.1 Å². The molecule has 1 aromatic rings. The molecule has 5 heteroatoms. The van der Waals surface area contributed by atoms with Gasteiger partial charge in [-0.1, -0.05) is 19.4 Å². The van der Waals surface area contributed by atoms with Crippen molar-refractivity contribution in [3.8, 4) is 0 Å². The molecular formula is C19H32N4S. The normalized spacial score (nSPS) is 31.0. The zero-order valence-electron chi connectivity index (χ0n) is 15.3. The van der Waals surface area contributed by atoms with Crippen molar-refractivity contribution >= 4 is 17.3 Å². The summed E-state index contributed by atoms with van der Waals surface area (Å²) < 4.78 is 0. The van der Waals surface area contributed by atoms with Crippen LogP contribution in [0.15, 0.2) is 22.5 Å². The molecule has 0 spiro atoms. The highest BCUT2D eigenvalue weighted by molar-refractivity contribution is 7.10. The topological polar surface area (TPSA) is 39.7 Å². The fourth-order valence-corrected chi connectivity index (χ4v) is 5.08. The first-order chi connectivity index (χ1) is 11.7. The molecule has 2 heterocycles. The number of hydrogen-bond acceptors (Lipinski definition) is 3. The molecule has 4 nitrogen and oxygen atoms in total. The van der Waals surface area contributed by atoms with Gasteiger partial charge in [0.2, 0.25) is 0 Å². The monoisotopic (exact) mass is 348 g/mol. The van der Waals surface area contributed by atoms with Gasteiger partial charge in [-0.15, -0.1) is 11.3 Å². The van der Waals surface area contributed by atoms with Crippen LogP contribution in [0.3, 0.4) is 0 Å². The minimum absolute atomic E-state index is 0.540. The van der Waals surface area contributed by atoms with E-state index < -0.39 is 0 Å². The zero-order chi connectivity index (χ0) is 16.9. The molecule has 134 valence electrons. The molecule has 4 unspecified atom stereocenters. The van der Waals surface area contributed by atoms with E-state index in [1.165, 1.54) is 43.5 Å². The van der Waals surface area contributed by atoms with E-state index in [-0.39, 0.29) is 0 Å².